The van der Waals surface area contributed by atoms with Crippen LogP contribution < -0.4 is 5.32 Å². The summed E-state index contributed by atoms with van der Waals surface area (Å²) < 4.78 is 13.4. The SMILES string of the molecule is C[C@@H]1CN([C@H]2C[C@@H](CO[C@H]3CC[C@H](C=O)CC3)N(C(=O)Cc3ccc(NC(=O)c4csc5ccccc45)c(Cl)c3)C2)C[C@H](C)O1. The molecule has 3 aliphatic rings. The quantitative estimate of drug-likeness (QED) is 0.277. The Morgan fingerprint density at radius 3 is 2.56 bits per heavy atom. The van der Waals surface area contributed by atoms with E-state index in [1.807, 2.05) is 40.6 Å². The summed E-state index contributed by atoms with van der Waals surface area (Å²) in [5, 5.41) is 6.11. The number of halogens is 1. The van der Waals surface area contributed by atoms with Crippen LogP contribution in [0.2, 0.25) is 5.02 Å². The van der Waals surface area contributed by atoms with Gasteiger partial charge in [-0.1, -0.05) is 35.9 Å². The van der Waals surface area contributed by atoms with Crippen molar-refractivity contribution in [3.8, 4) is 0 Å². The largest absolute Gasteiger partial charge is 0.376 e. The number of anilines is 1. The fourth-order valence-corrected chi connectivity index (χ4v) is 8.36. The van der Waals surface area contributed by atoms with E-state index in [2.05, 4.69) is 24.1 Å². The highest BCUT2D eigenvalue weighted by Gasteiger charge is 2.40. The zero-order valence-electron chi connectivity index (χ0n) is 26.0. The van der Waals surface area contributed by atoms with Gasteiger partial charge < -0.3 is 24.5 Å². The summed E-state index contributed by atoms with van der Waals surface area (Å²) in [5.41, 5.74) is 1.93. The van der Waals surface area contributed by atoms with Crippen molar-refractivity contribution in [2.45, 2.75) is 82.8 Å². The number of ether oxygens (including phenoxy) is 2. The predicted octanol–water partition coefficient (Wildman–Crippen LogP) is 6.20. The zero-order valence-corrected chi connectivity index (χ0v) is 27.5. The molecule has 0 radical (unpaired) electrons. The number of aldehydes is 1. The molecule has 10 heteroatoms. The van der Waals surface area contributed by atoms with Crippen LogP contribution in [0.4, 0.5) is 5.69 Å². The third kappa shape index (κ3) is 7.60. The highest BCUT2D eigenvalue weighted by molar-refractivity contribution is 7.17. The van der Waals surface area contributed by atoms with Gasteiger partial charge in [-0.25, -0.2) is 0 Å². The normalized spacial score (nSPS) is 27.5. The Kier molecular flexibility index (Phi) is 10.2. The topological polar surface area (TPSA) is 88.2 Å². The summed E-state index contributed by atoms with van der Waals surface area (Å²) >= 11 is 8.17. The van der Waals surface area contributed by atoms with E-state index in [1.54, 1.807) is 12.1 Å². The molecule has 2 amide bonds. The predicted molar refractivity (Wildman–Crippen MR) is 178 cm³/mol. The summed E-state index contributed by atoms with van der Waals surface area (Å²) in [6, 6.07) is 13.5. The minimum absolute atomic E-state index is 0.0192. The van der Waals surface area contributed by atoms with Gasteiger partial charge in [-0.15, -0.1) is 11.3 Å². The van der Waals surface area contributed by atoms with Crippen LogP contribution in [0, 0.1) is 5.92 Å². The van der Waals surface area contributed by atoms with Crippen molar-refractivity contribution < 1.29 is 23.9 Å². The minimum atomic E-state index is -0.212. The number of amides is 2. The van der Waals surface area contributed by atoms with Gasteiger partial charge in [0.2, 0.25) is 5.91 Å². The van der Waals surface area contributed by atoms with Crippen LogP contribution in [-0.2, 0) is 25.5 Å². The Morgan fingerprint density at radius 2 is 1.82 bits per heavy atom. The first-order chi connectivity index (χ1) is 21.8. The van der Waals surface area contributed by atoms with Crippen LogP contribution in [-0.4, -0.2) is 84.5 Å². The highest BCUT2D eigenvalue weighted by Crippen LogP contribution is 2.31. The maximum atomic E-state index is 13.8. The monoisotopic (exact) mass is 651 g/mol. The lowest BCUT2D eigenvalue weighted by atomic mass is 9.88. The number of rotatable bonds is 9. The first-order valence-electron chi connectivity index (χ1n) is 16.1. The Labute approximate surface area is 274 Å². The van der Waals surface area contributed by atoms with Crippen molar-refractivity contribution in [3.63, 3.8) is 0 Å². The number of likely N-dealkylation sites (tertiary alicyclic amines) is 1. The lowest BCUT2D eigenvalue weighted by molar-refractivity contribution is -0.133. The number of carbonyl (C=O) groups excluding carboxylic acids is 3. The van der Waals surface area contributed by atoms with Crippen LogP contribution in [0.1, 0.15) is 61.9 Å². The number of thiophene rings is 1. The molecule has 0 unspecified atom stereocenters. The molecule has 45 heavy (non-hydrogen) atoms. The molecule has 0 bridgehead atoms. The molecule has 4 atom stereocenters. The number of hydrogen-bond acceptors (Lipinski definition) is 7. The number of carbonyl (C=O) groups is 3. The molecule has 2 aromatic carbocycles. The molecular weight excluding hydrogens is 610 g/mol. The van der Waals surface area contributed by atoms with E-state index in [1.165, 1.54) is 11.3 Å². The van der Waals surface area contributed by atoms with Gasteiger partial charge in [0.05, 0.1) is 53.7 Å². The molecule has 8 nitrogen and oxygen atoms in total. The van der Waals surface area contributed by atoms with E-state index < -0.39 is 0 Å². The molecule has 3 fully saturated rings. The Bertz CT molecular complexity index is 1510. The fourth-order valence-electron chi connectivity index (χ4n) is 7.16. The third-order valence-electron chi connectivity index (χ3n) is 9.48. The maximum absolute atomic E-state index is 13.8. The van der Waals surface area contributed by atoms with Gasteiger partial charge in [0.15, 0.2) is 0 Å². The number of morpholine rings is 1. The van der Waals surface area contributed by atoms with Crippen molar-refractivity contribution in [2.75, 3.05) is 31.6 Å². The van der Waals surface area contributed by atoms with Crippen molar-refractivity contribution in [3.05, 3.63) is 64.0 Å². The smallest absolute Gasteiger partial charge is 0.257 e. The molecule has 3 heterocycles. The van der Waals surface area contributed by atoms with Crippen molar-refractivity contribution in [1.29, 1.82) is 0 Å². The number of benzene rings is 2. The zero-order chi connectivity index (χ0) is 31.5. The second kappa shape index (κ2) is 14.3. The van der Waals surface area contributed by atoms with Gasteiger partial charge in [0.1, 0.15) is 6.29 Å². The van der Waals surface area contributed by atoms with Crippen LogP contribution in [0.25, 0.3) is 10.1 Å². The maximum Gasteiger partial charge on any atom is 0.257 e. The third-order valence-corrected chi connectivity index (χ3v) is 10.8. The summed E-state index contributed by atoms with van der Waals surface area (Å²) in [7, 11) is 0. The summed E-state index contributed by atoms with van der Waals surface area (Å²) in [6.45, 7) is 7.07. The first kappa shape index (κ1) is 32.1. The van der Waals surface area contributed by atoms with Gasteiger partial charge in [-0.2, -0.15) is 0 Å². The molecule has 1 N–H and O–H groups in total. The Morgan fingerprint density at radius 1 is 1.07 bits per heavy atom. The van der Waals surface area contributed by atoms with E-state index in [9.17, 15) is 14.4 Å². The minimum Gasteiger partial charge on any atom is -0.376 e. The van der Waals surface area contributed by atoms with Gasteiger partial charge in [-0.3, -0.25) is 14.5 Å². The molecule has 2 saturated heterocycles. The second-order valence-electron chi connectivity index (χ2n) is 12.9. The summed E-state index contributed by atoms with van der Waals surface area (Å²) in [6.07, 6.45) is 6.09. The average molecular weight is 652 g/mol. The molecular formula is C35H42ClN3O5S. The Hall–Kier alpha value is -2.82. The highest BCUT2D eigenvalue weighted by atomic mass is 35.5. The number of fused-ring (bicyclic) bond motifs is 1. The second-order valence-corrected chi connectivity index (χ2v) is 14.2. The van der Waals surface area contributed by atoms with Gasteiger partial charge in [0.25, 0.3) is 5.91 Å². The van der Waals surface area contributed by atoms with E-state index in [4.69, 9.17) is 21.1 Å². The van der Waals surface area contributed by atoms with Crippen molar-refractivity contribution >= 4 is 56.8 Å². The van der Waals surface area contributed by atoms with Crippen molar-refractivity contribution in [2.24, 2.45) is 5.92 Å². The van der Waals surface area contributed by atoms with Crippen LogP contribution in [0.15, 0.2) is 47.8 Å². The van der Waals surface area contributed by atoms with Gasteiger partial charge in [-0.05, 0) is 69.7 Å². The molecule has 0 spiro atoms. The summed E-state index contributed by atoms with van der Waals surface area (Å²) in [4.78, 5) is 42.6. The van der Waals surface area contributed by atoms with E-state index in [0.717, 1.165) is 67.1 Å². The molecule has 6 rings (SSSR count). The van der Waals surface area contributed by atoms with E-state index in [-0.39, 0.29) is 54.5 Å². The van der Waals surface area contributed by atoms with Crippen molar-refractivity contribution in [1.82, 2.24) is 9.80 Å². The molecule has 240 valence electrons. The Balaban J connectivity index is 1.11. The van der Waals surface area contributed by atoms with E-state index >= 15 is 0 Å². The first-order valence-corrected chi connectivity index (χ1v) is 17.3. The van der Waals surface area contributed by atoms with Gasteiger partial charge >= 0.3 is 0 Å². The number of nitrogens with one attached hydrogen (secondary N) is 1. The molecule has 1 aliphatic carbocycles. The van der Waals surface area contributed by atoms with Crippen LogP contribution in [0.5, 0.6) is 0 Å². The number of hydrogen-bond donors (Lipinski definition) is 1. The van der Waals surface area contributed by atoms with Crippen LogP contribution in [0.3, 0.4) is 0 Å². The lowest BCUT2D eigenvalue weighted by Gasteiger charge is -2.38. The molecule has 1 aromatic heterocycles. The van der Waals surface area contributed by atoms with E-state index in [0.29, 0.717) is 29.4 Å². The fraction of sp³-hybridized carbons (Fsp3) is 0.514. The number of nitrogens with zero attached hydrogens (tertiary/aromatic N) is 2. The lowest BCUT2D eigenvalue weighted by Crippen LogP contribution is -2.51. The van der Waals surface area contributed by atoms with Crippen LogP contribution >= 0.6 is 22.9 Å². The van der Waals surface area contributed by atoms with Gasteiger partial charge in [0, 0.05) is 47.1 Å². The molecule has 2 aliphatic heterocycles. The molecule has 3 aromatic rings. The molecule has 1 saturated carbocycles. The average Bonchev–Trinajstić information content (AvgIpc) is 3.66. The summed E-state index contributed by atoms with van der Waals surface area (Å²) in [5.74, 6) is -0.0237. The standard InChI is InChI=1S/C35H42ClN3O5S/c1-22-16-38(17-23(2)44-22)26-15-27(20-43-28-10-7-24(19-40)8-11-28)39(18-26)34(41)14-25-9-12-32(31(36)13-25)37-35(42)30-21-45-33-6-4-3-5-29(30)33/h3-6,9,12-13,19,21-24,26-28H,7-8,10-11,14-18,20H2,1-2H3,(H,37,42)/t22-,23+,24-,26-,27-,28-/m0/s1.